The molecule has 1 aliphatic carbocycles. The Hall–Kier alpha value is -2.35. The van der Waals surface area contributed by atoms with E-state index < -0.39 is 17.4 Å². The van der Waals surface area contributed by atoms with Gasteiger partial charge in [-0.15, -0.1) is 11.3 Å². The molecule has 2 atom stereocenters. The molecule has 1 aliphatic heterocycles. The van der Waals surface area contributed by atoms with Crippen LogP contribution < -0.4 is 21.9 Å². The van der Waals surface area contributed by atoms with Crippen molar-refractivity contribution in [2.24, 2.45) is 11.3 Å². The van der Waals surface area contributed by atoms with Gasteiger partial charge in [0.25, 0.3) is 11.5 Å². The summed E-state index contributed by atoms with van der Waals surface area (Å²) in [5.41, 5.74) is 1.37. The monoisotopic (exact) mass is 374 g/mol. The zero-order chi connectivity index (χ0) is 18.6. The van der Waals surface area contributed by atoms with E-state index in [4.69, 9.17) is 0 Å². The van der Waals surface area contributed by atoms with Crippen molar-refractivity contribution in [3.8, 4) is 0 Å². The Balaban J connectivity index is 1.68. The second-order valence-electron chi connectivity index (χ2n) is 8.11. The van der Waals surface area contributed by atoms with Crippen LogP contribution in [0.3, 0.4) is 0 Å². The van der Waals surface area contributed by atoms with Crippen LogP contribution in [0.15, 0.2) is 15.7 Å². The van der Waals surface area contributed by atoms with Crippen LogP contribution in [0.25, 0.3) is 0 Å². The summed E-state index contributed by atoms with van der Waals surface area (Å²) in [4.78, 5) is 41.8. The molecule has 2 aliphatic rings. The van der Waals surface area contributed by atoms with E-state index in [1.165, 1.54) is 10.9 Å². The van der Waals surface area contributed by atoms with Crippen molar-refractivity contribution >= 4 is 22.2 Å². The Morgan fingerprint density at radius 2 is 1.88 bits per heavy atom. The molecule has 2 aromatic heterocycles. The molecule has 138 valence electrons. The van der Waals surface area contributed by atoms with Gasteiger partial charge >= 0.3 is 5.69 Å². The predicted octanol–water partition coefficient (Wildman–Crippen LogP) is 2.13. The molecule has 4 rings (SSSR count). The summed E-state index contributed by atoms with van der Waals surface area (Å²) in [6, 6.07) is 1.29. The average Bonchev–Trinajstić information content (AvgIpc) is 2.90. The summed E-state index contributed by atoms with van der Waals surface area (Å²) in [6.45, 7) is 6.79. The predicted molar refractivity (Wildman–Crippen MR) is 101 cm³/mol. The van der Waals surface area contributed by atoms with Crippen molar-refractivity contribution in [2.75, 3.05) is 5.32 Å². The van der Waals surface area contributed by atoms with Gasteiger partial charge in [0.2, 0.25) is 0 Å². The van der Waals surface area contributed by atoms with Gasteiger partial charge in [0.15, 0.2) is 0 Å². The minimum Gasteiger partial charge on any atom is -0.351 e. The number of nitrogens with one attached hydrogen (secondary N) is 4. The Kier molecular flexibility index (Phi) is 3.83. The molecule has 0 radical (unpaired) electrons. The van der Waals surface area contributed by atoms with Gasteiger partial charge in [0.05, 0.1) is 11.3 Å². The van der Waals surface area contributed by atoms with Crippen molar-refractivity contribution in [1.29, 1.82) is 0 Å². The Morgan fingerprint density at radius 3 is 2.58 bits per heavy atom. The number of hydrogen-bond donors (Lipinski definition) is 4. The molecule has 4 N–H and O–H groups in total. The fourth-order valence-corrected chi connectivity index (χ4v) is 5.19. The fourth-order valence-electron chi connectivity index (χ4n) is 3.84. The number of amides is 1. The number of anilines is 1. The third-order valence-corrected chi connectivity index (χ3v) is 6.55. The normalized spacial score (nSPS) is 22.2. The Labute approximate surface area is 154 Å². The number of fused-ring (bicyclic) bond motifs is 3. The second-order valence-corrected chi connectivity index (χ2v) is 9.21. The van der Waals surface area contributed by atoms with E-state index in [0.29, 0.717) is 11.6 Å². The fraction of sp³-hybridized carbons (Fsp3) is 0.500. The molecular weight excluding hydrogens is 352 g/mol. The number of aromatic amines is 2. The lowest BCUT2D eigenvalue weighted by Gasteiger charge is -2.34. The first-order valence-electron chi connectivity index (χ1n) is 8.78. The van der Waals surface area contributed by atoms with Gasteiger partial charge in [-0.2, -0.15) is 0 Å². The first kappa shape index (κ1) is 17.1. The third kappa shape index (κ3) is 2.88. The molecule has 8 heteroatoms. The van der Waals surface area contributed by atoms with Crippen LogP contribution in [-0.2, 0) is 12.8 Å². The maximum atomic E-state index is 12.7. The summed E-state index contributed by atoms with van der Waals surface area (Å²) >= 11 is 1.62. The first-order chi connectivity index (χ1) is 12.2. The lowest BCUT2D eigenvalue weighted by atomic mass is 9.72. The first-order valence-corrected chi connectivity index (χ1v) is 9.59. The highest BCUT2D eigenvalue weighted by Gasteiger charge is 2.36. The number of rotatable bonds is 1. The maximum Gasteiger partial charge on any atom is 0.326 e. The highest BCUT2D eigenvalue weighted by molar-refractivity contribution is 7.16. The molecular formula is C18H22N4O3S. The molecule has 0 bridgehead atoms. The molecule has 26 heavy (non-hydrogen) atoms. The number of carbonyl (C=O) groups is 1. The molecule has 0 saturated heterocycles. The highest BCUT2D eigenvalue weighted by Crippen LogP contribution is 2.45. The smallest absolute Gasteiger partial charge is 0.326 e. The Bertz CT molecular complexity index is 967. The lowest BCUT2D eigenvalue weighted by Crippen LogP contribution is -2.40. The van der Waals surface area contributed by atoms with Gasteiger partial charge in [-0.3, -0.25) is 14.6 Å². The van der Waals surface area contributed by atoms with E-state index in [0.717, 1.165) is 35.4 Å². The quantitative estimate of drug-likeness (QED) is 0.613. The number of thiophene rings is 1. The zero-order valence-electron chi connectivity index (χ0n) is 15.0. The van der Waals surface area contributed by atoms with Crippen LogP contribution in [0.4, 0.5) is 5.00 Å². The van der Waals surface area contributed by atoms with Crippen LogP contribution in [0.5, 0.6) is 0 Å². The minimum absolute atomic E-state index is 0.156. The third-order valence-electron chi connectivity index (χ3n) is 5.36. The van der Waals surface area contributed by atoms with E-state index in [1.807, 2.05) is 0 Å². The van der Waals surface area contributed by atoms with Gasteiger partial charge in [0.1, 0.15) is 11.2 Å². The molecule has 0 unspecified atom stereocenters. The Morgan fingerprint density at radius 1 is 1.12 bits per heavy atom. The summed E-state index contributed by atoms with van der Waals surface area (Å²) < 4.78 is 0. The summed E-state index contributed by atoms with van der Waals surface area (Å²) in [5, 5.41) is 6.95. The standard InChI is InChI=1S/C18H22N4O3S/c1-18(2,3)8-4-5-9-11(6-8)26-16-13(9)15(24)21-14(22-16)10-7-12(23)20-17(25)19-10/h7-8,14,22H,4-6H2,1-3H3,(H,21,24)(H2,19,20,23,25)/t8-,14-/m1/s1. The van der Waals surface area contributed by atoms with Crippen LogP contribution in [0, 0.1) is 11.3 Å². The van der Waals surface area contributed by atoms with Crippen molar-refractivity contribution in [2.45, 2.75) is 46.2 Å². The van der Waals surface area contributed by atoms with Gasteiger partial charge < -0.3 is 15.6 Å². The van der Waals surface area contributed by atoms with Crippen LogP contribution in [0.2, 0.25) is 0 Å². The molecule has 0 saturated carbocycles. The summed E-state index contributed by atoms with van der Waals surface area (Å²) in [7, 11) is 0. The molecule has 0 fully saturated rings. The van der Waals surface area contributed by atoms with Gasteiger partial charge in [-0.1, -0.05) is 20.8 Å². The van der Waals surface area contributed by atoms with Crippen molar-refractivity contribution in [1.82, 2.24) is 15.3 Å². The van der Waals surface area contributed by atoms with Crippen molar-refractivity contribution in [3.63, 3.8) is 0 Å². The largest absolute Gasteiger partial charge is 0.351 e. The summed E-state index contributed by atoms with van der Waals surface area (Å²) in [5.74, 6) is 0.439. The number of carbonyl (C=O) groups excluding carboxylic acids is 1. The second kappa shape index (κ2) is 5.84. The van der Waals surface area contributed by atoms with E-state index in [9.17, 15) is 14.4 Å². The minimum atomic E-state index is -0.622. The van der Waals surface area contributed by atoms with E-state index in [1.54, 1.807) is 11.3 Å². The number of aromatic nitrogens is 2. The zero-order valence-corrected chi connectivity index (χ0v) is 15.8. The molecule has 7 nitrogen and oxygen atoms in total. The van der Waals surface area contributed by atoms with E-state index in [-0.39, 0.29) is 11.3 Å². The molecule has 0 aromatic carbocycles. The van der Waals surface area contributed by atoms with Gasteiger partial charge in [0, 0.05) is 10.9 Å². The van der Waals surface area contributed by atoms with Gasteiger partial charge in [-0.25, -0.2) is 4.79 Å². The summed E-state index contributed by atoms with van der Waals surface area (Å²) in [6.07, 6.45) is 2.35. The topological polar surface area (TPSA) is 107 Å². The molecule has 2 aromatic rings. The van der Waals surface area contributed by atoms with Crippen molar-refractivity contribution in [3.05, 3.63) is 48.6 Å². The van der Waals surface area contributed by atoms with E-state index in [2.05, 4.69) is 41.4 Å². The van der Waals surface area contributed by atoms with Crippen LogP contribution in [0.1, 0.15) is 59.9 Å². The lowest BCUT2D eigenvalue weighted by molar-refractivity contribution is 0.0934. The van der Waals surface area contributed by atoms with Crippen molar-refractivity contribution < 1.29 is 4.79 Å². The maximum absolute atomic E-state index is 12.7. The SMILES string of the molecule is CC(C)(C)[C@@H]1CCc2c(sc3c2C(=O)N[C@@H](c2cc(=O)[nH]c(=O)[nH]2)N3)C1. The van der Waals surface area contributed by atoms with Crippen LogP contribution in [-0.4, -0.2) is 15.9 Å². The number of H-pyrrole nitrogens is 2. The molecule has 0 spiro atoms. The van der Waals surface area contributed by atoms with Gasteiger partial charge in [-0.05, 0) is 36.2 Å². The average molecular weight is 374 g/mol. The number of hydrogen-bond acceptors (Lipinski definition) is 5. The van der Waals surface area contributed by atoms with E-state index >= 15 is 0 Å². The molecule has 3 heterocycles. The highest BCUT2D eigenvalue weighted by atomic mass is 32.1. The van der Waals surface area contributed by atoms with Crippen LogP contribution >= 0.6 is 11.3 Å². The molecule has 1 amide bonds.